The third-order valence-corrected chi connectivity index (χ3v) is 7.02. The topological polar surface area (TPSA) is 96.8 Å². The Hall–Kier alpha value is -3.30. The Balaban J connectivity index is 1.91. The van der Waals surface area contributed by atoms with Gasteiger partial charge in [-0.1, -0.05) is 69.2 Å². The number of rotatable bonds is 5. The van der Waals surface area contributed by atoms with E-state index in [2.05, 4.69) is 20.9 Å². The summed E-state index contributed by atoms with van der Waals surface area (Å²) in [7, 11) is 0. The molecule has 4 rings (SSSR count). The monoisotopic (exact) mass is 540 g/mol. The van der Waals surface area contributed by atoms with Gasteiger partial charge in [0.05, 0.1) is 23.9 Å². The number of aliphatic hydroxyl groups is 1. The number of benzene rings is 2. The molecule has 2 aromatic carbocycles. The average Bonchev–Trinajstić information content (AvgIpc) is 3.31. The summed E-state index contributed by atoms with van der Waals surface area (Å²) in [6.07, 6.45) is 0. The Morgan fingerprint density at radius 3 is 2.53 bits per heavy atom. The molecule has 2 heterocycles. The maximum absolute atomic E-state index is 13.3. The molecule has 1 aromatic heterocycles. The highest BCUT2D eigenvalue weighted by atomic mass is 79.9. The molecule has 1 saturated heterocycles. The molecule has 0 bridgehead atoms. The van der Waals surface area contributed by atoms with Crippen LogP contribution >= 0.6 is 27.3 Å². The first-order valence-electron chi connectivity index (χ1n) is 10.5. The van der Waals surface area contributed by atoms with Crippen molar-refractivity contribution in [1.82, 2.24) is 4.98 Å². The predicted octanol–water partition coefficient (Wildman–Crippen LogP) is 5.33. The molecule has 1 aliphatic heterocycles. The molecule has 34 heavy (non-hydrogen) atoms. The molecule has 3 aromatic rings. The van der Waals surface area contributed by atoms with Crippen LogP contribution in [0.15, 0.2) is 58.6 Å². The molecule has 0 aliphatic carbocycles. The first-order valence-corrected chi connectivity index (χ1v) is 12.1. The highest BCUT2D eigenvalue weighted by Gasteiger charge is 2.48. The van der Waals surface area contributed by atoms with Crippen molar-refractivity contribution >= 4 is 55.8 Å². The van der Waals surface area contributed by atoms with Crippen molar-refractivity contribution in [3.8, 4) is 0 Å². The van der Waals surface area contributed by atoms with Gasteiger partial charge in [0.15, 0.2) is 5.13 Å². The van der Waals surface area contributed by atoms with E-state index in [1.165, 1.54) is 4.90 Å². The van der Waals surface area contributed by atoms with Gasteiger partial charge in [-0.3, -0.25) is 14.5 Å². The number of ether oxygens (including phenoxy) is 1. The van der Waals surface area contributed by atoms with Crippen LogP contribution in [0.2, 0.25) is 0 Å². The van der Waals surface area contributed by atoms with Crippen molar-refractivity contribution in [1.29, 1.82) is 0 Å². The Labute approximate surface area is 208 Å². The molecule has 7 nitrogen and oxygen atoms in total. The van der Waals surface area contributed by atoms with E-state index in [1.54, 1.807) is 44.2 Å². The largest absolute Gasteiger partial charge is 0.507 e. The van der Waals surface area contributed by atoms with Crippen molar-refractivity contribution < 1.29 is 24.2 Å². The standard InChI is InChI=1S/C25H21BrN2O5S/c1-4-33-24(32)22-14(3)27-25(34-22)28-19(16-6-5-7-17(26)12-16)18(21(30)23(28)31)20(29)15-10-8-13(2)9-11-15/h5-12,19,29H,4H2,1-3H3. The lowest BCUT2D eigenvalue weighted by Crippen LogP contribution is -2.29. The minimum atomic E-state index is -0.931. The van der Waals surface area contributed by atoms with Crippen molar-refractivity contribution in [2.45, 2.75) is 26.8 Å². The van der Waals surface area contributed by atoms with E-state index in [1.807, 2.05) is 25.1 Å². The lowest BCUT2D eigenvalue weighted by Gasteiger charge is -2.23. The van der Waals surface area contributed by atoms with Gasteiger partial charge in [0.1, 0.15) is 10.6 Å². The van der Waals surface area contributed by atoms with Gasteiger partial charge in [-0.25, -0.2) is 9.78 Å². The van der Waals surface area contributed by atoms with E-state index in [0.717, 1.165) is 21.4 Å². The van der Waals surface area contributed by atoms with Crippen LogP contribution in [0, 0.1) is 13.8 Å². The molecule has 1 fully saturated rings. The number of anilines is 1. The summed E-state index contributed by atoms with van der Waals surface area (Å²) in [6.45, 7) is 5.45. The second-order valence-electron chi connectivity index (χ2n) is 7.72. The molecule has 1 atom stereocenters. The van der Waals surface area contributed by atoms with E-state index >= 15 is 0 Å². The number of hydrogen-bond acceptors (Lipinski definition) is 7. The number of thiazole rings is 1. The minimum Gasteiger partial charge on any atom is -0.507 e. The van der Waals surface area contributed by atoms with E-state index in [0.29, 0.717) is 16.8 Å². The Bertz CT molecular complexity index is 1330. The summed E-state index contributed by atoms with van der Waals surface area (Å²) in [5.41, 5.74) is 2.37. The van der Waals surface area contributed by atoms with Crippen LogP contribution in [0.5, 0.6) is 0 Å². The van der Waals surface area contributed by atoms with Crippen LogP contribution in [0.1, 0.15) is 45.0 Å². The Kier molecular flexibility index (Phi) is 6.67. The van der Waals surface area contributed by atoms with Gasteiger partial charge in [0.2, 0.25) is 0 Å². The predicted molar refractivity (Wildman–Crippen MR) is 133 cm³/mol. The highest BCUT2D eigenvalue weighted by Crippen LogP contribution is 2.44. The van der Waals surface area contributed by atoms with Crippen LogP contribution in [0.3, 0.4) is 0 Å². The highest BCUT2D eigenvalue weighted by molar-refractivity contribution is 9.10. The fourth-order valence-electron chi connectivity index (χ4n) is 3.76. The Morgan fingerprint density at radius 2 is 1.88 bits per heavy atom. The maximum atomic E-state index is 13.3. The molecule has 0 spiro atoms. The molecule has 0 radical (unpaired) electrons. The first-order chi connectivity index (χ1) is 16.2. The molecular formula is C25H21BrN2O5S. The summed E-state index contributed by atoms with van der Waals surface area (Å²) in [5, 5.41) is 11.3. The number of esters is 1. The summed E-state index contributed by atoms with van der Waals surface area (Å²) < 4.78 is 5.84. The number of hydrogen-bond donors (Lipinski definition) is 1. The SMILES string of the molecule is CCOC(=O)c1sc(N2C(=O)C(=O)C(=C(O)c3ccc(C)cc3)C2c2cccc(Br)c2)nc1C. The zero-order chi connectivity index (χ0) is 24.6. The van der Waals surface area contributed by atoms with Gasteiger partial charge in [0.25, 0.3) is 5.78 Å². The molecular weight excluding hydrogens is 520 g/mol. The number of aromatic nitrogens is 1. The van der Waals surface area contributed by atoms with Crippen LogP contribution in [-0.4, -0.2) is 34.4 Å². The number of nitrogens with zero attached hydrogens (tertiary/aromatic N) is 2. The zero-order valence-electron chi connectivity index (χ0n) is 18.7. The van der Waals surface area contributed by atoms with Gasteiger partial charge < -0.3 is 9.84 Å². The van der Waals surface area contributed by atoms with E-state index in [-0.39, 0.29) is 27.9 Å². The molecule has 1 amide bonds. The Morgan fingerprint density at radius 1 is 1.18 bits per heavy atom. The van der Waals surface area contributed by atoms with Crippen LogP contribution in [-0.2, 0) is 14.3 Å². The summed E-state index contributed by atoms with van der Waals surface area (Å²) in [6, 6.07) is 13.2. The van der Waals surface area contributed by atoms with Crippen molar-refractivity contribution in [2.75, 3.05) is 11.5 Å². The average molecular weight is 541 g/mol. The quantitative estimate of drug-likeness (QED) is 0.203. The number of aryl methyl sites for hydroxylation is 2. The number of carbonyl (C=O) groups is 3. The number of carbonyl (C=O) groups excluding carboxylic acids is 3. The van der Waals surface area contributed by atoms with E-state index in [9.17, 15) is 19.5 Å². The molecule has 1 unspecified atom stereocenters. The normalized spacial score (nSPS) is 17.3. The van der Waals surface area contributed by atoms with E-state index in [4.69, 9.17) is 4.74 Å². The second kappa shape index (κ2) is 9.52. The number of Topliss-reactive ketones (excluding diaryl/α,β-unsaturated/α-hetero) is 1. The second-order valence-corrected chi connectivity index (χ2v) is 9.61. The fourth-order valence-corrected chi connectivity index (χ4v) is 5.16. The summed E-state index contributed by atoms with van der Waals surface area (Å²) >= 11 is 4.41. The van der Waals surface area contributed by atoms with Gasteiger partial charge >= 0.3 is 11.9 Å². The van der Waals surface area contributed by atoms with Crippen molar-refractivity contribution in [2.24, 2.45) is 0 Å². The van der Waals surface area contributed by atoms with Gasteiger partial charge in [-0.15, -0.1) is 0 Å². The van der Waals surface area contributed by atoms with Crippen LogP contribution in [0.25, 0.3) is 5.76 Å². The van der Waals surface area contributed by atoms with Gasteiger partial charge in [-0.2, -0.15) is 0 Å². The zero-order valence-corrected chi connectivity index (χ0v) is 21.1. The van der Waals surface area contributed by atoms with Gasteiger partial charge in [-0.05, 0) is 38.5 Å². The first kappa shape index (κ1) is 23.8. The molecule has 1 N–H and O–H groups in total. The number of halogens is 1. The smallest absolute Gasteiger partial charge is 0.350 e. The molecule has 1 aliphatic rings. The molecule has 174 valence electrons. The third-order valence-electron chi connectivity index (χ3n) is 5.39. The van der Waals surface area contributed by atoms with Crippen molar-refractivity contribution in [3.63, 3.8) is 0 Å². The number of amides is 1. The van der Waals surface area contributed by atoms with Crippen molar-refractivity contribution in [3.05, 3.63) is 85.8 Å². The lowest BCUT2D eigenvalue weighted by atomic mass is 9.95. The maximum Gasteiger partial charge on any atom is 0.350 e. The number of ketones is 1. The van der Waals surface area contributed by atoms with Crippen LogP contribution in [0.4, 0.5) is 5.13 Å². The fraction of sp³-hybridized carbons (Fsp3) is 0.200. The molecule has 0 saturated carbocycles. The lowest BCUT2D eigenvalue weighted by molar-refractivity contribution is -0.132. The van der Waals surface area contributed by atoms with E-state index < -0.39 is 23.7 Å². The summed E-state index contributed by atoms with van der Waals surface area (Å²) in [4.78, 5) is 44.7. The van der Waals surface area contributed by atoms with Gasteiger partial charge in [0, 0.05) is 10.0 Å². The number of aliphatic hydroxyl groups excluding tert-OH is 1. The molecule has 9 heteroatoms. The van der Waals surface area contributed by atoms with Crippen LogP contribution < -0.4 is 4.90 Å². The minimum absolute atomic E-state index is 0.0440. The third kappa shape index (κ3) is 4.28. The summed E-state index contributed by atoms with van der Waals surface area (Å²) in [5.74, 6) is -2.47.